The van der Waals surface area contributed by atoms with E-state index < -0.39 is 0 Å². The standard InChI is InChI=1S/C49H29N3O/c1-2-12-30(13-3-1)47-50-48(34-17-8-14-31(26-34)36-28-33-16-10-23-40-38-19-4-5-20-39(38)42(29-36)45(33)40)52-49(51-47)35-18-9-15-32(27-35)37-22-11-25-44-46(37)41-21-6-7-24-43(41)53-44/h1-29H. The molecule has 0 unspecified atom stereocenters. The maximum atomic E-state index is 6.22. The zero-order valence-corrected chi connectivity index (χ0v) is 28.5. The maximum absolute atomic E-state index is 6.22. The van der Waals surface area contributed by atoms with Gasteiger partial charge in [0.15, 0.2) is 17.5 Å². The van der Waals surface area contributed by atoms with E-state index >= 15 is 0 Å². The fraction of sp³-hybridized carbons (Fsp3) is 0. The molecule has 2 heterocycles. The van der Waals surface area contributed by atoms with Gasteiger partial charge in [0.1, 0.15) is 11.2 Å². The first kappa shape index (κ1) is 29.5. The number of fused-ring (bicyclic) bond motifs is 6. The van der Waals surface area contributed by atoms with Crippen LogP contribution in [0.25, 0.3) is 111 Å². The Balaban J connectivity index is 1.05. The predicted molar refractivity (Wildman–Crippen MR) is 216 cm³/mol. The SMILES string of the molecule is c1ccc(-c2nc(-c3cccc(-c4cc5c6c(cccc6c4)-c4ccccc4-5)c3)nc(-c3cccc(-c4cccc5oc6ccccc6c45)c3)n2)cc1. The molecule has 0 radical (unpaired) electrons. The number of hydrogen-bond acceptors (Lipinski definition) is 4. The Kier molecular flexibility index (Phi) is 6.52. The minimum atomic E-state index is 0.619. The third-order valence-electron chi connectivity index (χ3n) is 10.4. The first-order chi connectivity index (χ1) is 26.2. The second-order valence-electron chi connectivity index (χ2n) is 13.6. The lowest BCUT2D eigenvalue weighted by atomic mass is 9.95. The van der Waals surface area contributed by atoms with Crippen LogP contribution in [0.2, 0.25) is 0 Å². The molecule has 0 atom stereocenters. The van der Waals surface area contributed by atoms with Gasteiger partial charge in [-0.3, -0.25) is 0 Å². The van der Waals surface area contributed by atoms with Gasteiger partial charge in [0.2, 0.25) is 0 Å². The highest BCUT2D eigenvalue weighted by molar-refractivity contribution is 6.16. The van der Waals surface area contributed by atoms with Crippen molar-refractivity contribution >= 4 is 32.7 Å². The van der Waals surface area contributed by atoms with Crippen LogP contribution in [0.4, 0.5) is 0 Å². The molecule has 0 amide bonds. The highest BCUT2D eigenvalue weighted by atomic mass is 16.3. The molecule has 4 heteroatoms. The van der Waals surface area contributed by atoms with E-state index in [9.17, 15) is 0 Å². The van der Waals surface area contributed by atoms with Crippen molar-refractivity contribution < 1.29 is 4.42 Å². The second kappa shape index (κ2) is 11.7. The summed E-state index contributed by atoms with van der Waals surface area (Å²) in [7, 11) is 0. The molecule has 4 nitrogen and oxygen atoms in total. The summed E-state index contributed by atoms with van der Waals surface area (Å²) < 4.78 is 6.22. The van der Waals surface area contributed by atoms with Crippen molar-refractivity contribution in [2.24, 2.45) is 0 Å². The van der Waals surface area contributed by atoms with Crippen LogP contribution in [0.3, 0.4) is 0 Å². The first-order valence-corrected chi connectivity index (χ1v) is 17.9. The smallest absolute Gasteiger partial charge is 0.164 e. The van der Waals surface area contributed by atoms with Crippen molar-refractivity contribution in [3.63, 3.8) is 0 Å². The lowest BCUT2D eigenvalue weighted by Gasteiger charge is -2.12. The summed E-state index contributed by atoms with van der Waals surface area (Å²) in [6, 6.07) is 61.6. The molecule has 0 spiro atoms. The Morgan fingerprint density at radius 1 is 0.302 bits per heavy atom. The molecule has 1 aliphatic rings. The predicted octanol–water partition coefficient (Wildman–Crippen LogP) is 12.9. The highest BCUT2D eigenvalue weighted by Crippen LogP contribution is 2.48. The van der Waals surface area contributed by atoms with Gasteiger partial charge in [-0.1, -0.05) is 140 Å². The van der Waals surface area contributed by atoms with Gasteiger partial charge >= 0.3 is 0 Å². The van der Waals surface area contributed by atoms with E-state index in [4.69, 9.17) is 19.4 Å². The van der Waals surface area contributed by atoms with E-state index in [-0.39, 0.29) is 0 Å². The maximum Gasteiger partial charge on any atom is 0.164 e. The molecule has 0 saturated carbocycles. The topological polar surface area (TPSA) is 51.8 Å². The van der Waals surface area contributed by atoms with E-state index in [0.717, 1.165) is 60.9 Å². The van der Waals surface area contributed by atoms with Crippen LogP contribution in [0, 0.1) is 0 Å². The van der Waals surface area contributed by atoms with Crippen molar-refractivity contribution in [3.8, 4) is 78.7 Å². The molecule has 0 fully saturated rings. The summed E-state index contributed by atoms with van der Waals surface area (Å²) in [6.07, 6.45) is 0. The Morgan fingerprint density at radius 3 is 1.66 bits per heavy atom. The Hall–Kier alpha value is -7.17. The minimum absolute atomic E-state index is 0.619. The van der Waals surface area contributed by atoms with Gasteiger partial charge in [0.25, 0.3) is 0 Å². The molecule has 1 aliphatic carbocycles. The molecular weight excluding hydrogens is 647 g/mol. The zero-order chi connectivity index (χ0) is 34.9. The number of aromatic nitrogens is 3. The second-order valence-corrected chi connectivity index (χ2v) is 13.6. The van der Waals surface area contributed by atoms with Gasteiger partial charge in [0, 0.05) is 27.5 Å². The van der Waals surface area contributed by atoms with Gasteiger partial charge in [-0.05, 0) is 91.7 Å². The average molecular weight is 676 g/mol. The largest absolute Gasteiger partial charge is 0.456 e. The van der Waals surface area contributed by atoms with Gasteiger partial charge in [-0.15, -0.1) is 0 Å². The lowest BCUT2D eigenvalue weighted by molar-refractivity contribution is 0.669. The highest BCUT2D eigenvalue weighted by Gasteiger charge is 2.22. The summed E-state index contributed by atoms with van der Waals surface area (Å²) in [5, 5.41) is 4.76. The van der Waals surface area contributed by atoms with E-state index in [0.29, 0.717) is 17.5 Å². The molecule has 0 saturated heterocycles. The Bertz CT molecular complexity index is 3070. The van der Waals surface area contributed by atoms with Crippen LogP contribution in [0.1, 0.15) is 0 Å². The van der Waals surface area contributed by atoms with E-state index in [1.165, 1.54) is 33.0 Å². The van der Waals surface area contributed by atoms with Crippen LogP contribution < -0.4 is 0 Å². The number of hydrogen-bond donors (Lipinski definition) is 0. The summed E-state index contributed by atoms with van der Waals surface area (Å²) in [5.41, 5.74) is 14.1. The molecule has 8 aromatic carbocycles. The summed E-state index contributed by atoms with van der Waals surface area (Å²) >= 11 is 0. The molecule has 10 aromatic rings. The molecular formula is C49H29N3O. The normalized spacial score (nSPS) is 11.8. The lowest BCUT2D eigenvalue weighted by Crippen LogP contribution is -2.00. The Labute approximate surface area is 305 Å². The van der Waals surface area contributed by atoms with Crippen molar-refractivity contribution in [1.82, 2.24) is 15.0 Å². The van der Waals surface area contributed by atoms with Crippen LogP contribution in [0.15, 0.2) is 180 Å². The van der Waals surface area contributed by atoms with Crippen molar-refractivity contribution in [2.45, 2.75) is 0 Å². The van der Waals surface area contributed by atoms with E-state index in [1.807, 2.05) is 48.5 Å². The van der Waals surface area contributed by atoms with Crippen molar-refractivity contribution in [1.29, 1.82) is 0 Å². The fourth-order valence-corrected chi connectivity index (χ4v) is 8.01. The summed E-state index contributed by atoms with van der Waals surface area (Å²) in [6.45, 7) is 0. The molecule has 0 bridgehead atoms. The molecule has 2 aromatic heterocycles. The molecule has 0 aliphatic heterocycles. The monoisotopic (exact) mass is 675 g/mol. The quantitative estimate of drug-likeness (QED) is 0.182. The first-order valence-electron chi connectivity index (χ1n) is 17.9. The molecule has 0 N–H and O–H groups in total. The van der Waals surface area contributed by atoms with Crippen LogP contribution in [-0.2, 0) is 0 Å². The summed E-state index contributed by atoms with van der Waals surface area (Å²) in [4.78, 5) is 15.3. The van der Waals surface area contributed by atoms with Gasteiger partial charge < -0.3 is 4.42 Å². The third kappa shape index (κ3) is 4.80. The van der Waals surface area contributed by atoms with Crippen LogP contribution in [0.5, 0.6) is 0 Å². The van der Waals surface area contributed by atoms with Crippen molar-refractivity contribution in [2.75, 3.05) is 0 Å². The van der Waals surface area contributed by atoms with Gasteiger partial charge in [-0.25, -0.2) is 15.0 Å². The number of rotatable bonds is 5. The minimum Gasteiger partial charge on any atom is -0.456 e. The van der Waals surface area contributed by atoms with E-state index in [1.54, 1.807) is 0 Å². The van der Waals surface area contributed by atoms with Crippen LogP contribution >= 0.6 is 0 Å². The summed E-state index contributed by atoms with van der Waals surface area (Å²) in [5.74, 6) is 1.88. The molecule has 11 rings (SSSR count). The number of benzene rings is 8. The van der Waals surface area contributed by atoms with Crippen molar-refractivity contribution in [3.05, 3.63) is 176 Å². The van der Waals surface area contributed by atoms with Gasteiger partial charge in [0.05, 0.1) is 0 Å². The Morgan fingerprint density at radius 2 is 0.849 bits per heavy atom. The number of para-hydroxylation sites is 1. The number of furan rings is 1. The zero-order valence-electron chi connectivity index (χ0n) is 28.5. The number of nitrogens with zero attached hydrogens (tertiary/aromatic N) is 3. The average Bonchev–Trinajstić information content (AvgIpc) is 3.78. The molecule has 53 heavy (non-hydrogen) atoms. The fourth-order valence-electron chi connectivity index (χ4n) is 8.01. The van der Waals surface area contributed by atoms with Gasteiger partial charge in [-0.2, -0.15) is 0 Å². The molecule has 246 valence electrons. The van der Waals surface area contributed by atoms with E-state index in [2.05, 4.69) is 127 Å². The third-order valence-corrected chi connectivity index (χ3v) is 10.4. The van der Waals surface area contributed by atoms with Crippen LogP contribution in [-0.4, -0.2) is 15.0 Å².